The highest BCUT2D eigenvalue weighted by Gasteiger charge is 2.32. The molecule has 2 aromatic rings. The van der Waals surface area contributed by atoms with Gasteiger partial charge in [-0.05, 0) is 50.2 Å². The van der Waals surface area contributed by atoms with Gasteiger partial charge >= 0.3 is 0 Å². The average Bonchev–Trinajstić information content (AvgIpc) is 2.61. The maximum Gasteiger partial charge on any atom is 0.0726 e. The van der Waals surface area contributed by atoms with Crippen molar-refractivity contribution in [3.8, 4) is 0 Å². The molecule has 0 radical (unpaired) electrons. The van der Waals surface area contributed by atoms with Gasteiger partial charge in [0.2, 0.25) is 0 Å². The zero-order valence-electron chi connectivity index (χ0n) is 15.6. The van der Waals surface area contributed by atoms with Crippen LogP contribution in [0.3, 0.4) is 0 Å². The van der Waals surface area contributed by atoms with E-state index in [0.29, 0.717) is 5.92 Å². The Morgan fingerprint density at radius 3 is 2.88 bits per heavy atom. The smallest absolute Gasteiger partial charge is 0.0726 e. The molecule has 0 saturated heterocycles. The molecule has 2 bridgehead atoms. The Labute approximate surface area is 151 Å². The number of hydrogen-bond acceptors (Lipinski definition) is 2. The number of anilines is 1. The molecule has 0 amide bonds. The molecule has 2 nitrogen and oxygen atoms in total. The Kier molecular flexibility index (Phi) is 4.78. The first-order chi connectivity index (χ1) is 12.3. The Bertz CT molecular complexity index is 790. The summed E-state index contributed by atoms with van der Waals surface area (Å²) in [6.45, 7) is 5.64. The van der Waals surface area contributed by atoms with Crippen LogP contribution in [-0.4, -0.2) is 11.5 Å². The Balaban J connectivity index is 1.71. The number of hydrogen-bond donors (Lipinski definition) is 1. The van der Waals surface area contributed by atoms with E-state index in [2.05, 4.69) is 49.5 Å². The van der Waals surface area contributed by atoms with Gasteiger partial charge in [0.25, 0.3) is 0 Å². The highest BCUT2D eigenvalue weighted by atomic mass is 14.9. The summed E-state index contributed by atoms with van der Waals surface area (Å²) in [5.74, 6) is 1.32. The van der Waals surface area contributed by atoms with Crippen molar-refractivity contribution in [1.29, 1.82) is 0 Å². The molecule has 0 spiro atoms. The molecule has 132 valence electrons. The molecular formula is C23H30N2. The maximum absolute atomic E-state index is 5.10. The molecule has 2 aliphatic carbocycles. The number of allylic oxidation sites excluding steroid dienone is 2. The van der Waals surface area contributed by atoms with E-state index in [-0.39, 0.29) is 0 Å². The SMILES string of the molecule is CCCCCCNc1c2c(nc3ccccc13)C1C=C(C)CC(C2)C1. The third-order valence-corrected chi connectivity index (χ3v) is 5.89. The molecule has 0 aliphatic heterocycles. The van der Waals surface area contributed by atoms with E-state index in [9.17, 15) is 0 Å². The first-order valence-electron chi connectivity index (χ1n) is 10.1. The monoisotopic (exact) mass is 334 g/mol. The van der Waals surface area contributed by atoms with Crippen molar-refractivity contribution in [1.82, 2.24) is 4.98 Å². The van der Waals surface area contributed by atoms with Crippen LogP contribution in [0.4, 0.5) is 5.69 Å². The minimum Gasteiger partial charge on any atom is -0.384 e. The zero-order chi connectivity index (χ0) is 17.2. The first kappa shape index (κ1) is 16.6. The van der Waals surface area contributed by atoms with Crippen molar-refractivity contribution in [2.45, 2.75) is 64.7 Å². The van der Waals surface area contributed by atoms with Crippen LogP contribution in [0.1, 0.15) is 69.5 Å². The van der Waals surface area contributed by atoms with Gasteiger partial charge in [-0.15, -0.1) is 0 Å². The van der Waals surface area contributed by atoms with E-state index < -0.39 is 0 Å². The predicted molar refractivity (Wildman–Crippen MR) is 107 cm³/mol. The highest BCUT2D eigenvalue weighted by molar-refractivity contribution is 5.93. The van der Waals surface area contributed by atoms with Gasteiger partial charge in [0, 0.05) is 23.5 Å². The molecule has 1 N–H and O–H groups in total. The Hall–Kier alpha value is -1.83. The topological polar surface area (TPSA) is 24.9 Å². The number of nitrogens with one attached hydrogen (secondary N) is 1. The molecule has 2 unspecified atom stereocenters. The van der Waals surface area contributed by atoms with Gasteiger partial charge in [0.1, 0.15) is 0 Å². The van der Waals surface area contributed by atoms with Crippen LogP contribution >= 0.6 is 0 Å². The highest BCUT2D eigenvalue weighted by Crippen LogP contribution is 2.45. The minimum absolute atomic E-state index is 0.521. The second-order valence-corrected chi connectivity index (χ2v) is 7.98. The molecule has 4 rings (SSSR count). The van der Waals surface area contributed by atoms with E-state index in [1.54, 1.807) is 5.57 Å². The van der Waals surface area contributed by atoms with Gasteiger partial charge in [0.15, 0.2) is 0 Å². The van der Waals surface area contributed by atoms with Crippen LogP contribution in [0.25, 0.3) is 10.9 Å². The van der Waals surface area contributed by atoms with Crippen LogP contribution in [0.5, 0.6) is 0 Å². The van der Waals surface area contributed by atoms with Crippen LogP contribution in [-0.2, 0) is 6.42 Å². The van der Waals surface area contributed by atoms with Crippen molar-refractivity contribution in [2.24, 2.45) is 5.92 Å². The largest absolute Gasteiger partial charge is 0.384 e. The second-order valence-electron chi connectivity index (χ2n) is 7.98. The summed E-state index contributed by atoms with van der Waals surface area (Å²) in [5, 5.41) is 5.12. The first-order valence-corrected chi connectivity index (χ1v) is 10.1. The molecule has 0 fully saturated rings. The summed E-state index contributed by atoms with van der Waals surface area (Å²) < 4.78 is 0. The van der Waals surface area contributed by atoms with E-state index >= 15 is 0 Å². The maximum atomic E-state index is 5.10. The van der Waals surface area contributed by atoms with Crippen molar-refractivity contribution in [3.63, 3.8) is 0 Å². The van der Waals surface area contributed by atoms with Gasteiger partial charge in [0.05, 0.1) is 11.2 Å². The number of nitrogens with zero attached hydrogens (tertiary/aromatic N) is 1. The van der Waals surface area contributed by atoms with Crippen molar-refractivity contribution in [2.75, 3.05) is 11.9 Å². The summed E-state index contributed by atoms with van der Waals surface area (Å²) in [6.07, 6.45) is 11.4. The normalized spacial score (nSPS) is 21.8. The van der Waals surface area contributed by atoms with Gasteiger partial charge < -0.3 is 5.32 Å². The summed E-state index contributed by atoms with van der Waals surface area (Å²) in [7, 11) is 0. The van der Waals surface area contributed by atoms with E-state index in [1.165, 1.54) is 67.3 Å². The van der Waals surface area contributed by atoms with Crippen LogP contribution in [0.15, 0.2) is 35.9 Å². The fraction of sp³-hybridized carbons (Fsp3) is 0.522. The summed E-state index contributed by atoms with van der Waals surface area (Å²) in [6, 6.07) is 8.67. The van der Waals surface area contributed by atoms with Crippen LogP contribution < -0.4 is 5.32 Å². The van der Waals surface area contributed by atoms with E-state index in [1.807, 2.05) is 0 Å². The number of unbranched alkanes of at least 4 members (excludes halogenated alkanes) is 3. The minimum atomic E-state index is 0.521. The Morgan fingerprint density at radius 2 is 2.00 bits per heavy atom. The fourth-order valence-corrected chi connectivity index (χ4v) is 4.76. The number of aromatic nitrogens is 1. The van der Waals surface area contributed by atoms with Gasteiger partial charge in [-0.1, -0.05) is 56.0 Å². The summed E-state index contributed by atoms with van der Waals surface area (Å²) >= 11 is 0. The number of benzene rings is 1. The number of para-hydroxylation sites is 1. The standard InChI is InChI=1S/C23H30N2/c1-3-4-5-8-11-24-23-19-9-6-7-10-21(19)25-22-18-13-16(2)12-17(14-18)15-20(22)23/h6-7,9-10,13,17-18H,3-5,8,11-12,14-15H2,1-2H3,(H,24,25). The molecular weight excluding hydrogens is 304 g/mol. The summed E-state index contributed by atoms with van der Waals surface area (Å²) in [4.78, 5) is 5.10. The van der Waals surface area contributed by atoms with E-state index in [4.69, 9.17) is 4.98 Å². The molecule has 0 saturated carbocycles. The fourth-order valence-electron chi connectivity index (χ4n) is 4.76. The van der Waals surface area contributed by atoms with E-state index in [0.717, 1.165) is 18.0 Å². The number of rotatable bonds is 6. The molecule has 1 heterocycles. The lowest BCUT2D eigenvalue weighted by Gasteiger charge is -2.35. The second kappa shape index (κ2) is 7.19. The van der Waals surface area contributed by atoms with Crippen LogP contribution in [0.2, 0.25) is 0 Å². The van der Waals surface area contributed by atoms with Gasteiger partial charge in [-0.2, -0.15) is 0 Å². The average molecular weight is 335 g/mol. The lowest BCUT2D eigenvalue weighted by molar-refractivity contribution is 0.403. The third kappa shape index (κ3) is 3.31. The Morgan fingerprint density at radius 1 is 1.12 bits per heavy atom. The van der Waals surface area contributed by atoms with Gasteiger partial charge in [-0.25, -0.2) is 0 Å². The number of fused-ring (bicyclic) bond motifs is 5. The molecule has 25 heavy (non-hydrogen) atoms. The van der Waals surface area contributed by atoms with Crippen molar-refractivity contribution in [3.05, 3.63) is 47.2 Å². The molecule has 1 aromatic carbocycles. The molecule has 1 aromatic heterocycles. The summed E-state index contributed by atoms with van der Waals surface area (Å²) in [5.41, 5.74) is 6.91. The van der Waals surface area contributed by atoms with Crippen LogP contribution in [0, 0.1) is 5.92 Å². The predicted octanol–water partition coefficient (Wildman–Crippen LogP) is 6.22. The lowest BCUT2D eigenvalue weighted by Crippen LogP contribution is -2.24. The zero-order valence-corrected chi connectivity index (χ0v) is 15.6. The van der Waals surface area contributed by atoms with Crippen molar-refractivity contribution >= 4 is 16.6 Å². The number of pyridine rings is 1. The molecule has 2 heteroatoms. The third-order valence-electron chi connectivity index (χ3n) is 5.89. The molecule has 2 aliphatic rings. The quantitative estimate of drug-likeness (QED) is 0.501. The molecule has 2 atom stereocenters. The van der Waals surface area contributed by atoms with Crippen molar-refractivity contribution < 1.29 is 0 Å². The van der Waals surface area contributed by atoms with Gasteiger partial charge in [-0.3, -0.25) is 4.98 Å². The lowest BCUT2D eigenvalue weighted by atomic mass is 9.72.